The molecule has 0 amide bonds. The molecule has 0 aromatic heterocycles. The van der Waals surface area contributed by atoms with E-state index in [0.29, 0.717) is 37.6 Å². The lowest BCUT2D eigenvalue weighted by molar-refractivity contribution is 0.432. The fourth-order valence-corrected chi connectivity index (χ4v) is 4.21. The number of rotatable bonds is 5. The number of aliphatic imine (C=N–C) groups is 1. The van der Waals surface area contributed by atoms with Crippen LogP contribution in [0.1, 0.15) is 12.0 Å². The standard InChI is InChI=1S/C15H23ClN4O2S.HI/c1-17-15(18-8-10-20-9-3-11-23(20,21)22)19(2)12-13-4-6-14(16)7-5-13;/h4-7H,3,8-12H2,1-2H3,(H,17,18);1H. The maximum Gasteiger partial charge on any atom is 0.214 e. The molecule has 9 heteroatoms. The summed E-state index contributed by atoms with van der Waals surface area (Å²) in [7, 11) is 0.619. The largest absolute Gasteiger partial charge is 0.355 e. The van der Waals surface area contributed by atoms with Crippen LogP contribution in [0.3, 0.4) is 0 Å². The zero-order valence-corrected chi connectivity index (χ0v) is 17.8. The van der Waals surface area contributed by atoms with Gasteiger partial charge in [0.15, 0.2) is 5.96 Å². The smallest absolute Gasteiger partial charge is 0.214 e. The van der Waals surface area contributed by atoms with Crippen molar-refractivity contribution in [2.24, 2.45) is 4.99 Å². The Morgan fingerprint density at radius 1 is 1.38 bits per heavy atom. The Morgan fingerprint density at radius 3 is 2.58 bits per heavy atom. The number of guanidine groups is 1. The molecule has 0 spiro atoms. The molecule has 136 valence electrons. The van der Waals surface area contributed by atoms with E-state index >= 15 is 0 Å². The summed E-state index contributed by atoms with van der Waals surface area (Å²) < 4.78 is 25.0. The lowest BCUT2D eigenvalue weighted by atomic mass is 10.2. The van der Waals surface area contributed by atoms with Gasteiger partial charge in [-0.15, -0.1) is 24.0 Å². The summed E-state index contributed by atoms with van der Waals surface area (Å²) in [6.45, 7) is 2.31. The van der Waals surface area contributed by atoms with Crippen molar-refractivity contribution in [3.05, 3.63) is 34.9 Å². The van der Waals surface area contributed by atoms with E-state index in [9.17, 15) is 8.42 Å². The minimum absolute atomic E-state index is 0. The van der Waals surface area contributed by atoms with E-state index in [2.05, 4.69) is 10.3 Å². The molecule has 0 unspecified atom stereocenters. The fourth-order valence-electron chi connectivity index (χ4n) is 2.56. The molecule has 1 aromatic carbocycles. The monoisotopic (exact) mass is 486 g/mol. The van der Waals surface area contributed by atoms with Crippen LogP contribution in [0.25, 0.3) is 0 Å². The number of benzene rings is 1. The van der Waals surface area contributed by atoms with Gasteiger partial charge in [-0.25, -0.2) is 12.7 Å². The Bertz CT molecular complexity index is 652. The minimum atomic E-state index is -3.04. The summed E-state index contributed by atoms with van der Waals surface area (Å²) in [5.41, 5.74) is 1.13. The van der Waals surface area contributed by atoms with Crippen LogP contribution in [0.15, 0.2) is 29.3 Å². The molecule has 1 aromatic rings. The normalized spacial score (nSPS) is 17.4. The SMILES string of the molecule is CN=C(NCCN1CCCS1(=O)=O)N(C)Cc1ccc(Cl)cc1.I. The van der Waals surface area contributed by atoms with Crippen LogP contribution in [0.4, 0.5) is 0 Å². The average Bonchev–Trinajstić information content (AvgIpc) is 2.84. The highest BCUT2D eigenvalue weighted by Gasteiger charge is 2.27. The van der Waals surface area contributed by atoms with Gasteiger partial charge in [-0.05, 0) is 24.1 Å². The molecule has 0 saturated carbocycles. The van der Waals surface area contributed by atoms with Gasteiger partial charge in [-0.1, -0.05) is 23.7 Å². The number of sulfonamides is 1. The Kier molecular flexibility index (Phi) is 8.75. The molecule has 1 aliphatic rings. The average molecular weight is 487 g/mol. The summed E-state index contributed by atoms with van der Waals surface area (Å²) in [5, 5.41) is 3.92. The minimum Gasteiger partial charge on any atom is -0.355 e. The lowest BCUT2D eigenvalue weighted by Crippen LogP contribution is -2.42. The van der Waals surface area contributed by atoms with E-state index in [-0.39, 0.29) is 29.7 Å². The Morgan fingerprint density at radius 2 is 2.04 bits per heavy atom. The van der Waals surface area contributed by atoms with Gasteiger partial charge in [0.1, 0.15) is 0 Å². The first-order valence-corrected chi connectivity index (χ1v) is 9.55. The molecule has 0 bridgehead atoms. The highest BCUT2D eigenvalue weighted by atomic mass is 127. The molecule has 1 N–H and O–H groups in total. The number of halogens is 2. The van der Waals surface area contributed by atoms with Crippen LogP contribution in [0.5, 0.6) is 0 Å². The van der Waals surface area contributed by atoms with Crippen LogP contribution in [-0.2, 0) is 16.6 Å². The first-order chi connectivity index (χ1) is 10.9. The zero-order valence-electron chi connectivity index (χ0n) is 13.9. The second kappa shape index (κ2) is 9.79. The third-order valence-electron chi connectivity index (χ3n) is 3.75. The van der Waals surface area contributed by atoms with Crippen LogP contribution in [0.2, 0.25) is 5.02 Å². The second-order valence-corrected chi connectivity index (χ2v) is 8.05. The third kappa shape index (κ3) is 6.05. The predicted molar refractivity (Wildman–Crippen MR) is 110 cm³/mol. The summed E-state index contributed by atoms with van der Waals surface area (Å²) in [5.74, 6) is 0.995. The molecule has 1 heterocycles. The number of hydrogen-bond acceptors (Lipinski definition) is 3. The molecular weight excluding hydrogens is 463 g/mol. The van der Waals surface area contributed by atoms with Gasteiger partial charge in [0, 0.05) is 45.3 Å². The highest BCUT2D eigenvalue weighted by Crippen LogP contribution is 2.12. The van der Waals surface area contributed by atoms with E-state index < -0.39 is 10.0 Å². The molecule has 6 nitrogen and oxygen atoms in total. The first-order valence-electron chi connectivity index (χ1n) is 7.56. The number of nitrogens with one attached hydrogen (secondary N) is 1. The zero-order chi connectivity index (χ0) is 16.9. The van der Waals surface area contributed by atoms with Gasteiger partial charge in [0.2, 0.25) is 10.0 Å². The Balaban J connectivity index is 0.00000288. The van der Waals surface area contributed by atoms with Crippen LogP contribution in [-0.4, -0.2) is 63.1 Å². The Labute approximate surface area is 166 Å². The van der Waals surface area contributed by atoms with E-state index in [4.69, 9.17) is 11.6 Å². The van der Waals surface area contributed by atoms with Crippen molar-refractivity contribution in [1.82, 2.24) is 14.5 Å². The highest BCUT2D eigenvalue weighted by molar-refractivity contribution is 14.0. The van der Waals surface area contributed by atoms with Crippen molar-refractivity contribution in [1.29, 1.82) is 0 Å². The van der Waals surface area contributed by atoms with E-state index in [1.807, 2.05) is 36.2 Å². The van der Waals surface area contributed by atoms with E-state index in [0.717, 1.165) is 11.5 Å². The molecule has 24 heavy (non-hydrogen) atoms. The van der Waals surface area contributed by atoms with Gasteiger partial charge in [-0.2, -0.15) is 0 Å². The molecule has 0 radical (unpaired) electrons. The van der Waals surface area contributed by atoms with Gasteiger partial charge >= 0.3 is 0 Å². The maximum absolute atomic E-state index is 11.8. The second-order valence-electron chi connectivity index (χ2n) is 5.53. The van der Waals surface area contributed by atoms with Crippen molar-refractivity contribution in [3.8, 4) is 0 Å². The molecule has 1 saturated heterocycles. The third-order valence-corrected chi connectivity index (χ3v) is 5.96. The van der Waals surface area contributed by atoms with Crippen molar-refractivity contribution in [3.63, 3.8) is 0 Å². The predicted octanol–water partition coefficient (Wildman–Crippen LogP) is 2.00. The van der Waals surface area contributed by atoms with Gasteiger partial charge < -0.3 is 10.2 Å². The summed E-state index contributed by atoms with van der Waals surface area (Å²) >= 11 is 5.89. The van der Waals surface area contributed by atoms with Gasteiger partial charge in [0.25, 0.3) is 0 Å². The molecule has 1 aliphatic heterocycles. The van der Waals surface area contributed by atoms with Crippen LogP contribution >= 0.6 is 35.6 Å². The number of hydrogen-bond donors (Lipinski definition) is 1. The van der Waals surface area contributed by atoms with Crippen molar-refractivity contribution >= 4 is 51.6 Å². The summed E-state index contributed by atoms with van der Waals surface area (Å²) in [6, 6.07) is 7.67. The van der Waals surface area contributed by atoms with Crippen molar-refractivity contribution < 1.29 is 8.42 Å². The molecule has 1 fully saturated rings. The van der Waals surface area contributed by atoms with Crippen LogP contribution in [0, 0.1) is 0 Å². The molecule has 0 aliphatic carbocycles. The molecule has 0 atom stereocenters. The quantitative estimate of drug-likeness (QED) is 0.393. The van der Waals surface area contributed by atoms with Crippen molar-refractivity contribution in [2.75, 3.05) is 39.5 Å². The number of nitrogens with zero attached hydrogens (tertiary/aromatic N) is 3. The van der Waals surface area contributed by atoms with Gasteiger partial charge in [0.05, 0.1) is 5.75 Å². The summed E-state index contributed by atoms with van der Waals surface area (Å²) in [4.78, 5) is 6.23. The first kappa shape index (κ1) is 21.5. The van der Waals surface area contributed by atoms with E-state index in [1.165, 1.54) is 4.31 Å². The van der Waals surface area contributed by atoms with Crippen LogP contribution < -0.4 is 5.32 Å². The molecular formula is C15H24ClIN4O2S. The van der Waals surface area contributed by atoms with Gasteiger partial charge in [-0.3, -0.25) is 4.99 Å². The van der Waals surface area contributed by atoms with E-state index in [1.54, 1.807) is 7.05 Å². The summed E-state index contributed by atoms with van der Waals surface area (Å²) in [6.07, 6.45) is 0.716. The maximum atomic E-state index is 11.8. The lowest BCUT2D eigenvalue weighted by Gasteiger charge is -2.23. The molecule has 2 rings (SSSR count). The topological polar surface area (TPSA) is 65.0 Å². The van der Waals surface area contributed by atoms with Crippen molar-refractivity contribution in [2.45, 2.75) is 13.0 Å². The fraction of sp³-hybridized carbons (Fsp3) is 0.533. The Hall–Kier alpha value is -0.580.